The van der Waals surface area contributed by atoms with Gasteiger partial charge < -0.3 is 10.1 Å². The zero-order chi connectivity index (χ0) is 19.2. The third-order valence-electron chi connectivity index (χ3n) is 3.80. The molecule has 0 aliphatic rings. The van der Waals surface area contributed by atoms with E-state index in [2.05, 4.69) is 5.32 Å². The van der Waals surface area contributed by atoms with E-state index in [9.17, 15) is 13.2 Å². The van der Waals surface area contributed by atoms with Gasteiger partial charge >= 0.3 is 0 Å². The molecular weight excluding hydrogens is 352 g/mol. The summed E-state index contributed by atoms with van der Waals surface area (Å²) in [5.74, 6) is 0.391. The van der Waals surface area contributed by atoms with E-state index in [-0.39, 0.29) is 18.5 Å². The van der Waals surface area contributed by atoms with E-state index >= 15 is 0 Å². The van der Waals surface area contributed by atoms with E-state index in [1.165, 1.54) is 0 Å². The Kier molecular flexibility index (Phi) is 6.63. The summed E-state index contributed by atoms with van der Waals surface area (Å²) in [5.41, 5.74) is 1.37. The molecule has 0 aromatic heterocycles. The molecule has 0 fully saturated rings. The lowest BCUT2D eigenvalue weighted by molar-refractivity contribution is -0.120. The van der Waals surface area contributed by atoms with Crippen molar-refractivity contribution in [1.82, 2.24) is 5.32 Å². The highest BCUT2D eigenvalue weighted by molar-refractivity contribution is 7.92. The third-order valence-corrected chi connectivity index (χ3v) is 4.94. The van der Waals surface area contributed by atoms with Crippen LogP contribution in [0.5, 0.6) is 5.75 Å². The Bertz CT molecular complexity index is 820. The van der Waals surface area contributed by atoms with Gasteiger partial charge in [0.2, 0.25) is 15.9 Å². The van der Waals surface area contributed by atoms with Gasteiger partial charge in [0, 0.05) is 0 Å². The van der Waals surface area contributed by atoms with Crippen LogP contribution in [0, 0.1) is 0 Å². The van der Waals surface area contributed by atoms with Crippen molar-refractivity contribution in [3.8, 4) is 5.75 Å². The van der Waals surface area contributed by atoms with Crippen molar-refractivity contribution in [1.29, 1.82) is 0 Å². The van der Waals surface area contributed by atoms with Gasteiger partial charge in [0.05, 0.1) is 24.6 Å². The largest absolute Gasteiger partial charge is 0.494 e. The lowest BCUT2D eigenvalue weighted by Gasteiger charge is -2.23. The Labute approximate surface area is 154 Å². The second-order valence-corrected chi connectivity index (χ2v) is 7.80. The van der Waals surface area contributed by atoms with E-state index in [0.717, 1.165) is 21.9 Å². The zero-order valence-corrected chi connectivity index (χ0v) is 16.0. The lowest BCUT2D eigenvalue weighted by Crippen LogP contribution is -2.41. The smallest absolute Gasteiger partial charge is 0.241 e. The van der Waals surface area contributed by atoms with Gasteiger partial charge in [-0.15, -0.1) is 0 Å². The van der Waals surface area contributed by atoms with Crippen molar-refractivity contribution in [2.75, 3.05) is 23.7 Å². The van der Waals surface area contributed by atoms with E-state index in [4.69, 9.17) is 4.74 Å². The fraction of sp³-hybridized carbons (Fsp3) is 0.316. The third kappa shape index (κ3) is 5.49. The van der Waals surface area contributed by atoms with Gasteiger partial charge in [-0.3, -0.25) is 9.10 Å². The molecule has 0 spiro atoms. The summed E-state index contributed by atoms with van der Waals surface area (Å²) in [4.78, 5) is 12.4. The normalized spacial score (nSPS) is 12.3. The van der Waals surface area contributed by atoms with Crippen molar-refractivity contribution in [3.05, 3.63) is 60.2 Å². The SMILES string of the molecule is CCOc1ccc([C@H](C)NC(=O)CN(c2ccccc2)S(C)(=O)=O)cc1. The number of hydrogen-bond acceptors (Lipinski definition) is 4. The first-order valence-electron chi connectivity index (χ1n) is 8.36. The van der Waals surface area contributed by atoms with Crippen LogP contribution >= 0.6 is 0 Å². The summed E-state index contributed by atoms with van der Waals surface area (Å²) in [6, 6.07) is 15.7. The monoisotopic (exact) mass is 376 g/mol. The van der Waals surface area contributed by atoms with Crippen LogP contribution in [0.1, 0.15) is 25.5 Å². The number of amides is 1. The standard InChI is InChI=1S/C19H24N2O4S/c1-4-25-18-12-10-16(11-13-18)15(2)20-19(22)14-21(26(3,23)24)17-8-6-5-7-9-17/h5-13,15H,4,14H2,1-3H3,(H,20,22)/t15-/m0/s1. The predicted molar refractivity (Wildman–Crippen MR) is 103 cm³/mol. The maximum Gasteiger partial charge on any atom is 0.241 e. The first-order valence-corrected chi connectivity index (χ1v) is 10.2. The van der Waals surface area contributed by atoms with Crippen LogP contribution in [0.3, 0.4) is 0 Å². The van der Waals surface area contributed by atoms with Crippen LogP contribution < -0.4 is 14.4 Å². The number of carbonyl (C=O) groups is 1. The summed E-state index contributed by atoms with van der Waals surface area (Å²) >= 11 is 0. The molecule has 26 heavy (non-hydrogen) atoms. The molecule has 0 heterocycles. The molecule has 1 amide bonds. The van der Waals surface area contributed by atoms with Crippen LogP contribution in [0.2, 0.25) is 0 Å². The first kappa shape index (κ1) is 19.8. The number of ether oxygens (including phenoxy) is 1. The van der Waals surface area contributed by atoms with Crippen molar-refractivity contribution in [3.63, 3.8) is 0 Å². The van der Waals surface area contributed by atoms with E-state index in [1.807, 2.05) is 38.1 Å². The van der Waals surface area contributed by atoms with Crippen molar-refractivity contribution in [2.45, 2.75) is 19.9 Å². The number of anilines is 1. The molecule has 1 atom stereocenters. The highest BCUT2D eigenvalue weighted by Crippen LogP contribution is 2.19. The number of nitrogens with zero attached hydrogens (tertiary/aromatic N) is 1. The molecule has 0 unspecified atom stereocenters. The second-order valence-electron chi connectivity index (χ2n) is 5.90. The molecule has 0 aliphatic carbocycles. The fourth-order valence-corrected chi connectivity index (χ4v) is 3.37. The Balaban J connectivity index is 2.05. The maximum atomic E-state index is 12.4. The number of sulfonamides is 1. The summed E-state index contributed by atoms with van der Waals surface area (Å²) in [6.07, 6.45) is 1.09. The number of para-hydroxylation sites is 1. The van der Waals surface area contributed by atoms with Crippen molar-refractivity contribution >= 4 is 21.6 Å². The molecule has 0 saturated carbocycles. The van der Waals surface area contributed by atoms with Crippen LogP contribution in [0.4, 0.5) is 5.69 Å². The van der Waals surface area contributed by atoms with Gasteiger partial charge in [0.15, 0.2) is 0 Å². The molecule has 0 aliphatic heterocycles. The number of nitrogens with one attached hydrogen (secondary N) is 1. The second kappa shape index (κ2) is 8.71. The number of carbonyl (C=O) groups excluding carboxylic acids is 1. The van der Waals surface area contributed by atoms with Gasteiger partial charge in [-0.1, -0.05) is 30.3 Å². The fourth-order valence-electron chi connectivity index (χ4n) is 2.51. The minimum Gasteiger partial charge on any atom is -0.494 e. The first-order chi connectivity index (χ1) is 12.3. The Morgan fingerprint density at radius 3 is 2.27 bits per heavy atom. The van der Waals surface area contributed by atoms with Crippen molar-refractivity contribution < 1.29 is 17.9 Å². The molecule has 0 radical (unpaired) electrons. The number of hydrogen-bond donors (Lipinski definition) is 1. The molecular formula is C19H24N2O4S. The van der Waals surface area contributed by atoms with Gasteiger partial charge in [0.25, 0.3) is 0 Å². The van der Waals surface area contributed by atoms with Gasteiger partial charge in [-0.05, 0) is 43.7 Å². The molecule has 0 saturated heterocycles. The Morgan fingerprint density at radius 2 is 1.73 bits per heavy atom. The van der Waals surface area contributed by atoms with Crippen molar-refractivity contribution in [2.24, 2.45) is 0 Å². The summed E-state index contributed by atoms with van der Waals surface area (Å²) < 4.78 is 30.6. The average Bonchev–Trinajstić information content (AvgIpc) is 2.60. The van der Waals surface area contributed by atoms with Crippen LogP contribution in [-0.4, -0.2) is 33.7 Å². The minimum absolute atomic E-state index is 0.254. The van der Waals surface area contributed by atoms with Gasteiger partial charge in [-0.25, -0.2) is 8.42 Å². The van der Waals surface area contributed by atoms with Crippen LogP contribution in [0.25, 0.3) is 0 Å². The van der Waals surface area contributed by atoms with Crippen LogP contribution in [0.15, 0.2) is 54.6 Å². The molecule has 0 bridgehead atoms. The quantitative estimate of drug-likeness (QED) is 0.769. The molecule has 140 valence electrons. The zero-order valence-electron chi connectivity index (χ0n) is 15.2. The van der Waals surface area contributed by atoms with Gasteiger partial charge in [-0.2, -0.15) is 0 Å². The highest BCUT2D eigenvalue weighted by Gasteiger charge is 2.21. The molecule has 2 rings (SSSR count). The Hall–Kier alpha value is -2.54. The maximum absolute atomic E-state index is 12.4. The summed E-state index contributed by atoms with van der Waals surface area (Å²) in [6.45, 7) is 4.08. The molecule has 2 aromatic carbocycles. The Morgan fingerprint density at radius 1 is 1.12 bits per heavy atom. The van der Waals surface area contributed by atoms with Gasteiger partial charge in [0.1, 0.15) is 12.3 Å². The molecule has 6 nitrogen and oxygen atoms in total. The number of rotatable bonds is 8. The minimum atomic E-state index is -3.57. The van der Waals surface area contributed by atoms with Crippen LogP contribution in [-0.2, 0) is 14.8 Å². The van der Waals surface area contributed by atoms with E-state index < -0.39 is 10.0 Å². The topological polar surface area (TPSA) is 75.7 Å². The summed E-state index contributed by atoms with van der Waals surface area (Å²) in [7, 11) is -3.57. The summed E-state index contributed by atoms with van der Waals surface area (Å²) in [5, 5.41) is 2.83. The number of benzene rings is 2. The van der Waals surface area contributed by atoms with E-state index in [1.54, 1.807) is 30.3 Å². The average molecular weight is 376 g/mol. The molecule has 7 heteroatoms. The lowest BCUT2D eigenvalue weighted by atomic mass is 10.1. The molecule has 1 N–H and O–H groups in total. The predicted octanol–water partition coefficient (Wildman–Crippen LogP) is 2.73. The van der Waals surface area contributed by atoms with E-state index in [0.29, 0.717) is 12.3 Å². The molecule has 2 aromatic rings. The highest BCUT2D eigenvalue weighted by atomic mass is 32.2.